The van der Waals surface area contributed by atoms with Gasteiger partial charge in [-0.25, -0.2) is 4.39 Å². The molecule has 140 valence electrons. The van der Waals surface area contributed by atoms with Crippen molar-refractivity contribution in [2.24, 2.45) is 5.73 Å². The highest BCUT2D eigenvalue weighted by Crippen LogP contribution is 2.32. The Morgan fingerprint density at radius 3 is 2.61 bits per heavy atom. The minimum atomic E-state index is -0.646. The monoisotopic (exact) mass is 394 g/mol. The van der Waals surface area contributed by atoms with Gasteiger partial charge >= 0.3 is 0 Å². The number of H-pyrrole nitrogens is 1. The van der Waals surface area contributed by atoms with E-state index >= 15 is 0 Å². The van der Waals surface area contributed by atoms with Crippen molar-refractivity contribution in [1.82, 2.24) is 10.2 Å². The maximum absolute atomic E-state index is 13.1. The molecule has 28 heavy (non-hydrogen) atoms. The molecule has 0 spiro atoms. The highest BCUT2D eigenvalue weighted by molar-refractivity contribution is 7.14. The lowest BCUT2D eigenvalue weighted by Crippen LogP contribution is -2.12. The number of rotatable bonds is 4. The third kappa shape index (κ3) is 3.25. The van der Waals surface area contributed by atoms with Gasteiger partial charge in [-0.2, -0.15) is 5.10 Å². The standard InChI is InChI=1S/C20H15FN4O2S/c1-10-14(11-2-4-12(21)5-3-11)9-17(28-10)20(27)23-13-6-7-16-15(8-13)18(19(22)26)25-24-16/h2-9H,1H3,(H2,22,26)(H,23,27)(H,24,25). The number of anilines is 1. The summed E-state index contributed by atoms with van der Waals surface area (Å²) in [4.78, 5) is 25.6. The molecule has 0 saturated carbocycles. The molecule has 2 aromatic carbocycles. The Kier molecular flexibility index (Phi) is 4.40. The van der Waals surface area contributed by atoms with Crippen LogP contribution in [0, 0.1) is 12.7 Å². The number of aryl methyl sites for hydroxylation is 1. The molecule has 2 heterocycles. The number of halogens is 1. The van der Waals surface area contributed by atoms with Crippen LogP contribution in [-0.2, 0) is 0 Å². The quantitative estimate of drug-likeness (QED) is 0.486. The molecule has 0 aliphatic carbocycles. The van der Waals surface area contributed by atoms with Crippen LogP contribution in [0.2, 0.25) is 0 Å². The number of thiophene rings is 1. The van der Waals surface area contributed by atoms with E-state index in [1.807, 2.05) is 6.92 Å². The van der Waals surface area contributed by atoms with Crippen LogP contribution in [0.3, 0.4) is 0 Å². The van der Waals surface area contributed by atoms with Crippen LogP contribution >= 0.6 is 11.3 Å². The van der Waals surface area contributed by atoms with Gasteiger partial charge in [-0.3, -0.25) is 14.7 Å². The minimum Gasteiger partial charge on any atom is -0.364 e. The SMILES string of the molecule is Cc1sc(C(=O)Nc2ccc3[nH]nc(C(N)=O)c3c2)cc1-c1ccc(F)cc1. The second kappa shape index (κ2) is 6.90. The third-order valence-electron chi connectivity index (χ3n) is 4.35. The predicted molar refractivity (Wildman–Crippen MR) is 107 cm³/mol. The van der Waals surface area contributed by atoms with Gasteiger partial charge in [0.05, 0.1) is 10.4 Å². The first-order chi connectivity index (χ1) is 13.4. The van der Waals surface area contributed by atoms with Crippen molar-refractivity contribution in [1.29, 1.82) is 0 Å². The minimum absolute atomic E-state index is 0.122. The number of amides is 2. The number of nitrogens with two attached hydrogens (primary N) is 1. The van der Waals surface area contributed by atoms with Crippen molar-refractivity contribution < 1.29 is 14.0 Å². The first-order valence-electron chi connectivity index (χ1n) is 8.38. The summed E-state index contributed by atoms with van der Waals surface area (Å²) in [7, 11) is 0. The van der Waals surface area contributed by atoms with Crippen molar-refractivity contribution in [3.63, 3.8) is 0 Å². The number of benzene rings is 2. The van der Waals surface area contributed by atoms with Crippen LogP contribution in [0.15, 0.2) is 48.5 Å². The molecule has 0 atom stereocenters. The smallest absolute Gasteiger partial charge is 0.269 e. The third-order valence-corrected chi connectivity index (χ3v) is 5.40. The summed E-state index contributed by atoms with van der Waals surface area (Å²) in [5.74, 6) is -1.22. The maximum atomic E-state index is 13.1. The van der Waals surface area contributed by atoms with Crippen molar-refractivity contribution >= 4 is 39.7 Å². The van der Waals surface area contributed by atoms with E-state index in [0.717, 1.165) is 16.0 Å². The zero-order valence-electron chi connectivity index (χ0n) is 14.7. The average Bonchev–Trinajstić information content (AvgIpc) is 3.26. The second-order valence-electron chi connectivity index (χ2n) is 6.24. The fraction of sp³-hybridized carbons (Fsp3) is 0.0500. The van der Waals surface area contributed by atoms with E-state index in [4.69, 9.17) is 5.73 Å². The first kappa shape index (κ1) is 17.9. The molecule has 0 saturated heterocycles. The van der Waals surface area contributed by atoms with Gasteiger partial charge in [0.25, 0.3) is 11.8 Å². The summed E-state index contributed by atoms with van der Waals surface area (Å²) in [5, 5.41) is 9.98. The van der Waals surface area contributed by atoms with Crippen LogP contribution in [0.5, 0.6) is 0 Å². The highest BCUT2D eigenvalue weighted by atomic mass is 32.1. The second-order valence-corrected chi connectivity index (χ2v) is 7.49. The molecule has 2 aromatic heterocycles. The molecule has 4 N–H and O–H groups in total. The van der Waals surface area contributed by atoms with Gasteiger partial charge in [-0.05, 0) is 54.4 Å². The summed E-state index contributed by atoms with van der Waals surface area (Å²) in [6.45, 7) is 1.91. The van der Waals surface area contributed by atoms with Crippen LogP contribution < -0.4 is 11.1 Å². The normalized spacial score (nSPS) is 10.9. The molecule has 0 fully saturated rings. The molecule has 4 aromatic rings. The molecule has 0 radical (unpaired) electrons. The van der Waals surface area contributed by atoms with Gasteiger partial charge in [0.2, 0.25) is 0 Å². The van der Waals surface area contributed by atoms with Crippen LogP contribution in [0.1, 0.15) is 25.0 Å². The summed E-state index contributed by atoms with van der Waals surface area (Å²) in [6.07, 6.45) is 0. The van der Waals surface area contributed by atoms with Crippen LogP contribution in [0.25, 0.3) is 22.0 Å². The number of hydrogen-bond donors (Lipinski definition) is 3. The van der Waals surface area contributed by atoms with E-state index in [1.165, 1.54) is 23.5 Å². The molecule has 8 heteroatoms. The summed E-state index contributed by atoms with van der Waals surface area (Å²) < 4.78 is 13.1. The molecule has 2 amide bonds. The van der Waals surface area contributed by atoms with E-state index in [0.29, 0.717) is 21.5 Å². The Bertz CT molecular complexity index is 1210. The van der Waals surface area contributed by atoms with Crippen molar-refractivity contribution in [3.05, 3.63) is 69.8 Å². The van der Waals surface area contributed by atoms with Crippen molar-refractivity contribution in [2.75, 3.05) is 5.32 Å². The number of aromatic amines is 1. The van der Waals surface area contributed by atoms with E-state index in [2.05, 4.69) is 15.5 Å². The van der Waals surface area contributed by atoms with Gasteiger partial charge in [0.1, 0.15) is 5.82 Å². The average molecular weight is 394 g/mol. The Balaban J connectivity index is 1.61. The molecule has 4 rings (SSSR count). The highest BCUT2D eigenvalue weighted by Gasteiger charge is 2.16. The van der Waals surface area contributed by atoms with Crippen LogP contribution in [0.4, 0.5) is 10.1 Å². The van der Waals surface area contributed by atoms with E-state index in [-0.39, 0.29) is 17.4 Å². The Morgan fingerprint density at radius 2 is 1.89 bits per heavy atom. The van der Waals surface area contributed by atoms with E-state index < -0.39 is 5.91 Å². The molecular formula is C20H15FN4O2S. The largest absolute Gasteiger partial charge is 0.364 e. The molecule has 0 aliphatic heterocycles. The Morgan fingerprint density at radius 1 is 1.14 bits per heavy atom. The summed E-state index contributed by atoms with van der Waals surface area (Å²) >= 11 is 1.36. The Hall–Kier alpha value is -3.52. The van der Waals surface area contributed by atoms with Crippen molar-refractivity contribution in [3.8, 4) is 11.1 Å². The van der Waals surface area contributed by atoms with E-state index in [9.17, 15) is 14.0 Å². The number of aromatic nitrogens is 2. The zero-order valence-corrected chi connectivity index (χ0v) is 15.6. The number of primary amides is 1. The maximum Gasteiger partial charge on any atom is 0.269 e. The van der Waals surface area contributed by atoms with Crippen molar-refractivity contribution in [2.45, 2.75) is 6.92 Å². The van der Waals surface area contributed by atoms with Gasteiger partial charge < -0.3 is 11.1 Å². The lowest BCUT2D eigenvalue weighted by Gasteiger charge is -2.04. The number of carbonyl (C=O) groups excluding carboxylic acids is 2. The molecule has 0 unspecified atom stereocenters. The number of nitrogens with one attached hydrogen (secondary N) is 2. The number of hydrogen-bond acceptors (Lipinski definition) is 4. The summed E-state index contributed by atoms with van der Waals surface area (Å²) in [6, 6.07) is 13.0. The fourth-order valence-electron chi connectivity index (χ4n) is 2.98. The zero-order chi connectivity index (χ0) is 19.8. The fourth-order valence-corrected chi connectivity index (χ4v) is 3.92. The Labute approximate surface area is 163 Å². The van der Waals surface area contributed by atoms with Gasteiger partial charge in [-0.15, -0.1) is 11.3 Å². The summed E-state index contributed by atoms with van der Waals surface area (Å²) in [5.41, 5.74) is 8.35. The van der Waals surface area contributed by atoms with Crippen LogP contribution in [-0.4, -0.2) is 22.0 Å². The van der Waals surface area contributed by atoms with E-state index in [1.54, 1.807) is 36.4 Å². The molecule has 6 nitrogen and oxygen atoms in total. The lowest BCUT2D eigenvalue weighted by molar-refractivity contribution is 0.0995. The number of nitrogens with zero attached hydrogens (tertiary/aromatic N) is 1. The topological polar surface area (TPSA) is 101 Å². The molecular weight excluding hydrogens is 379 g/mol. The number of carbonyl (C=O) groups is 2. The number of fused-ring (bicyclic) bond motifs is 1. The lowest BCUT2D eigenvalue weighted by atomic mass is 10.1. The van der Waals surface area contributed by atoms with Gasteiger partial charge in [0.15, 0.2) is 5.69 Å². The predicted octanol–water partition coefficient (Wildman–Crippen LogP) is 4.09. The van der Waals surface area contributed by atoms with Gasteiger partial charge in [0, 0.05) is 16.0 Å². The molecule has 0 aliphatic rings. The first-order valence-corrected chi connectivity index (χ1v) is 9.19. The molecule has 0 bridgehead atoms. The van der Waals surface area contributed by atoms with Gasteiger partial charge in [-0.1, -0.05) is 12.1 Å².